The smallest absolute Gasteiger partial charge is 0.238 e. The SMILES string of the molecule is COc1cc2c(cc1NC(=O)CN(C)Cc1ccc3c(c1)OCO3)oc1ccccc12. The monoisotopic (exact) mass is 418 g/mol. The van der Waals surface area contributed by atoms with Crippen LogP contribution in [0, 0.1) is 0 Å². The molecule has 0 saturated carbocycles. The zero-order valence-electron chi connectivity index (χ0n) is 17.3. The minimum atomic E-state index is -0.142. The summed E-state index contributed by atoms with van der Waals surface area (Å²) in [6.07, 6.45) is 0. The van der Waals surface area contributed by atoms with Crippen LogP contribution in [0.2, 0.25) is 0 Å². The summed E-state index contributed by atoms with van der Waals surface area (Å²) in [6, 6.07) is 17.3. The molecule has 1 amide bonds. The van der Waals surface area contributed by atoms with Crippen LogP contribution >= 0.6 is 0 Å². The summed E-state index contributed by atoms with van der Waals surface area (Å²) in [5, 5.41) is 4.91. The third kappa shape index (κ3) is 3.75. The van der Waals surface area contributed by atoms with Crippen molar-refractivity contribution >= 4 is 33.5 Å². The summed E-state index contributed by atoms with van der Waals surface area (Å²) in [4.78, 5) is 14.6. The van der Waals surface area contributed by atoms with E-state index in [0.717, 1.165) is 33.4 Å². The third-order valence-corrected chi connectivity index (χ3v) is 5.28. The molecule has 0 atom stereocenters. The van der Waals surface area contributed by atoms with Gasteiger partial charge in [-0.05, 0) is 36.9 Å². The Balaban J connectivity index is 1.30. The highest BCUT2D eigenvalue weighted by atomic mass is 16.7. The summed E-state index contributed by atoms with van der Waals surface area (Å²) in [5.41, 5.74) is 3.12. The Morgan fingerprint density at radius 1 is 1.03 bits per heavy atom. The Labute approximate surface area is 179 Å². The van der Waals surface area contributed by atoms with Crippen molar-refractivity contribution in [1.82, 2.24) is 4.90 Å². The molecule has 7 heteroatoms. The van der Waals surface area contributed by atoms with Crippen LogP contribution in [0.3, 0.4) is 0 Å². The molecule has 158 valence electrons. The van der Waals surface area contributed by atoms with Gasteiger partial charge in [0.15, 0.2) is 11.5 Å². The largest absolute Gasteiger partial charge is 0.495 e. The molecule has 1 aromatic heterocycles. The Bertz CT molecular complexity index is 1280. The van der Waals surface area contributed by atoms with E-state index in [1.807, 2.05) is 66.5 Å². The van der Waals surface area contributed by atoms with Crippen LogP contribution in [0.4, 0.5) is 5.69 Å². The van der Waals surface area contributed by atoms with E-state index in [1.54, 1.807) is 7.11 Å². The summed E-state index contributed by atoms with van der Waals surface area (Å²) in [5.74, 6) is 1.93. The number of methoxy groups -OCH3 is 1. The molecule has 5 rings (SSSR count). The Hall–Kier alpha value is -3.71. The lowest BCUT2D eigenvalue weighted by Crippen LogP contribution is -2.29. The molecule has 3 aromatic carbocycles. The van der Waals surface area contributed by atoms with Crippen molar-refractivity contribution in [1.29, 1.82) is 0 Å². The third-order valence-electron chi connectivity index (χ3n) is 5.28. The van der Waals surface area contributed by atoms with Crippen molar-refractivity contribution in [3.05, 3.63) is 60.2 Å². The molecule has 0 unspecified atom stereocenters. The van der Waals surface area contributed by atoms with Gasteiger partial charge in [0.25, 0.3) is 0 Å². The Kier molecular flexibility index (Phi) is 4.88. The number of hydrogen-bond donors (Lipinski definition) is 1. The maximum atomic E-state index is 12.7. The molecule has 4 aromatic rings. The first-order valence-electron chi connectivity index (χ1n) is 9.97. The predicted molar refractivity (Wildman–Crippen MR) is 118 cm³/mol. The highest BCUT2D eigenvalue weighted by Crippen LogP contribution is 2.36. The van der Waals surface area contributed by atoms with Gasteiger partial charge < -0.3 is 23.9 Å². The zero-order valence-corrected chi connectivity index (χ0v) is 17.3. The topological polar surface area (TPSA) is 73.2 Å². The van der Waals surface area contributed by atoms with Gasteiger partial charge in [-0.15, -0.1) is 0 Å². The number of amides is 1. The molecule has 31 heavy (non-hydrogen) atoms. The fraction of sp³-hybridized carbons (Fsp3) is 0.208. The molecule has 1 aliphatic heterocycles. The van der Waals surface area contributed by atoms with Gasteiger partial charge in [0.2, 0.25) is 12.7 Å². The van der Waals surface area contributed by atoms with E-state index < -0.39 is 0 Å². The molecular weight excluding hydrogens is 396 g/mol. The lowest BCUT2D eigenvalue weighted by atomic mass is 10.1. The van der Waals surface area contributed by atoms with E-state index in [2.05, 4.69) is 5.32 Å². The van der Waals surface area contributed by atoms with Gasteiger partial charge in [-0.3, -0.25) is 9.69 Å². The highest BCUT2D eigenvalue weighted by molar-refractivity contribution is 6.07. The van der Waals surface area contributed by atoms with Gasteiger partial charge in [0, 0.05) is 23.4 Å². The normalized spacial score (nSPS) is 12.6. The minimum Gasteiger partial charge on any atom is -0.495 e. The molecule has 1 N–H and O–H groups in total. The first-order chi connectivity index (χ1) is 15.1. The van der Waals surface area contributed by atoms with Crippen LogP contribution in [0.5, 0.6) is 17.2 Å². The Morgan fingerprint density at radius 3 is 2.74 bits per heavy atom. The number of likely N-dealkylation sites (N-methyl/N-ethyl adjacent to an activating group) is 1. The number of nitrogens with zero attached hydrogens (tertiary/aromatic N) is 1. The lowest BCUT2D eigenvalue weighted by molar-refractivity contribution is -0.117. The number of rotatable bonds is 6. The van der Waals surface area contributed by atoms with E-state index >= 15 is 0 Å². The maximum Gasteiger partial charge on any atom is 0.238 e. The van der Waals surface area contributed by atoms with Gasteiger partial charge in [-0.25, -0.2) is 0 Å². The number of fused-ring (bicyclic) bond motifs is 4. The molecule has 1 aliphatic rings. The zero-order chi connectivity index (χ0) is 21.4. The summed E-state index contributed by atoms with van der Waals surface area (Å²) < 4.78 is 22.2. The number of ether oxygens (including phenoxy) is 3. The average molecular weight is 418 g/mol. The number of hydrogen-bond acceptors (Lipinski definition) is 6. The molecular formula is C24H22N2O5. The van der Waals surface area contributed by atoms with E-state index in [1.165, 1.54) is 0 Å². The fourth-order valence-corrected chi connectivity index (χ4v) is 3.86. The number of para-hydroxylation sites is 1. The van der Waals surface area contributed by atoms with Crippen LogP contribution in [0.15, 0.2) is 59.0 Å². The average Bonchev–Trinajstić information content (AvgIpc) is 3.36. The second-order valence-electron chi connectivity index (χ2n) is 7.55. The minimum absolute atomic E-state index is 0.142. The fourth-order valence-electron chi connectivity index (χ4n) is 3.86. The molecule has 7 nitrogen and oxygen atoms in total. The molecule has 2 heterocycles. The van der Waals surface area contributed by atoms with Crippen LogP contribution in [-0.4, -0.2) is 38.3 Å². The number of furan rings is 1. The predicted octanol–water partition coefficient (Wildman–Crippen LogP) is 4.39. The standard InChI is InChI=1S/C24H22N2O5/c1-26(12-15-7-8-20-23(9-15)30-14-29-20)13-24(27)25-18-11-21-17(10-22(18)28-2)16-5-3-4-6-19(16)31-21/h3-11H,12-14H2,1-2H3,(H,25,27). The molecule has 0 radical (unpaired) electrons. The van der Waals surface area contributed by atoms with E-state index in [0.29, 0.717) is 23.6 Å². The van der Waals surface area contributed by atoms with Crippen LogP contribution in [0.1, 0.15) is 5.56 Å². The van der Waals surface area contributed by atoms with Crippen molar-refractivity contribution in [3.63, 3.8) is 0 Å². The van der Waals surface area contributed by atoms with Gasteiger partial charge >= 0.3 is 0 Å². The van der Waals surface area contributed by atoms with Crippen molar-refractivity contribution in [2.45, 2.75) is 6.54 Å². The second-order valence-corrected chi connectivity index (χ2v) is 7.55. The van der Waals surface area contributed by atoms with Crippen molar-refractivity contribution in [3.8, 4) is 17.2 Å². The quantitative estimate of drug-likeness (QED) is 0.501. The lowest BCUT2D eigenvalue weighted by Gasteiger charge is -2.17. The van der Waals surface area contributed by atoms with Crippen LogP contribution < -0.4 is 19.5 Å². The summed E-state index contributed by atoms with van der Waals surface area (Å²) >= 11 is 0. The molecule has 0 aliphatic carbocycles. The van der Waals surface area contributed by atoms with Crippen LogP contribution in [0.25, 0.3) is 21.9 Å². The molecule has 0 bridgehead atoms. The first kappa shape index (κ1) is 19.3. The highest BCUT2D eigenvalue weighted by Gasteiger charge is 2.17. The van der Waals surface area contributed by atoms with E-state index in [-0.39, 0.29) is 19.2 Å². The number of carbonyl (C=O) groups is 1. The molecule has 0 spiro atoms. The van der Waals surface area contributed by atoms with Gasteiger partial charge in [-0.2, -0.15) is 0 Å². The molecule has 0 fully saturated rings. The summed E-state index contributed by atoms with van der Waals surface area (Å²) in [7, 11) is 3.48. The van der Waals surface area contributed by atoms with Crippen molar-refractivity contribution in [2.24, 2.45) is 0 Å². The number of carbonyl (C=O) groups excluding carboxylic acids is 1. The number of nitrogens with one attached hydrogen (secondary N) is 1. The van der Waals surface area contributed by atoms with Crippen LogP contribution in [-0.2, 0) is 11.3 Å². The number of benzene rings is 3. The van der Waals surface area contributed by atoms with Crippen molar-refractivity contribution < 1.29 is 23.4 Å². The van der Waals surface area contributed by atoms with Gasteiger partial charge in [0.05, 0.1) is 19.3 Å². The maximum absolute atomic E-state index is 12.7. The molecule has 0 saturated heterocycles. The van der Waals surface area contributed by atoms with E-state index in [4.69, 9.17) is 18.6 Å². The Morgan fingerprint density at radius 2 is 1.87 bits per heavy atom. The second kappa shape index (κ2) is 7.85. The van der Waals surface area contributed by atoms with Gasteiger partial charge in [-0.1, -0.05) is 24.3 Å². The summed E-state index contributed by atoms with van der Waals surface area (Å²) in [6.45, 7) is 1.06. The number of anilines is 1. The van der Waals surface area contributed by atoms with Crippen molar-refractivity contribution in [2.75, 3.05) is 32.8 Å². The first-order valence-corrected chi connectivity index (χ1v) is 9.97. The van der Waals surface area contributed by atoms with E-state index in [9.17, 15) is 4.79 Å². The van der Waals surface area contributed by atoms with Gasteiger partial charge in [0.1, 0.15) is 16.9 Å².